The molecule has 176 valence electrons. The van der Waals surface area contributed by atoms with Crippen LogP contribution in [-0.4, -0.2) is 24.2 Å². The van der Waals surface area contributed by atoms with Crippen molar-refractivity contribution in [1.82, 2.24) is 5.43 Å². The second-order valence-corrected chi connectivity index (χ2v) is 8.54. The van der Waals surface area contributed by atoms with Crippen molar-refractivity contribution in [2.75, 3.05) is 6.61 Å². The summed E-state index contributed by atoms with van der Waals surface area (Å²) in [7, 11) is 0. The highest BCUT2D eigenvalue weighted by molar-refractivity contribution is 6.32. The molecule has 1 aromatic heterocycles. The Balaban J connectivity index is 1.48. The molecule has 0 unspecified atom stereocenters. The zero-order valence-electron chi connectivity index (χ0n) is 19.2. The van der Waals surface area contributed by atoms with E-state index in [1.54, 1.807) is 31.2 Å². The molecule has 0 saturated heterocycles. The van der Waals surface area contributed by atoms with Crippen LogP contribution in [0.1, 0.15) is 51.4 Å². The molecule has 0 atom stereocenters. The van der Waals surface area contributed by atoms with Gasteiger partial charge in [-0.1, -0.05) is 29.8 Å². The average molecular weight is 481 g/mol. The zero-order chi connectivity index (χ0) is 24.2. The van der Waals surface area contributed by atoms with Crippen molar-refractivity contribution in [3.8, 4) is 11.5 Å². The van der Waals surface area contributed by atoms with Crippen molar-refractivity contribution in [3.63, 3.8) is 0 Å². The molecule has 1 N–H and O–H groups in total. The number of carbonyl (C=O) groups excluding carboxylic acids is 2. The van der Waals surface area contributed by atoms with E-state index >= 15 is 0 Å². The first kappa shape index (κ1) is 23.6. The number of halogens is 1. The van der Waals surface area contributed by atoms with Crippen molar-refractivity contribution in [1.29, 1.82) is 0 Å². The molecule has 4 rings (SSSR count). The van der Waals surface area contributed by atoms with Crippen LogP contribution in [0.25, 0.3) is 0 Å². The molecule has 7 nitrogen and oxygen atoms in total. The number of esters is 1. The van der Waals surface area contributed by atoms with Crippen molar-refractivity contribution in [3.05, 3.63) is 81.3 Å². The highest BCUT2D eigenvalue weighted by atomic mass is 35.5. The fraction of sp³-hybridized carbons (Fsp3) is 0.269. The van der Waals surface area contributed by atoms with E-state index in [1.807, 2.05) is 32.0 Å². The van der Waals surface area contributed by atoms with Crippen LogP contribution in [0.4, 0.5) is 0 Å². The minimum Gasteiger partial charge on any atom is -0.484 e. The number of aryl methyl sites for hydroxylation is 3. The van der Waals surface area contributed by atoms with E-state index in [2.05, 4.69) is 10.5 Å². The molecule has 8 heteroatoms. The number of hydrazone groups is 1. The van der Waals surface area contributed by atoms with Gasteiger partial charge in [-0.15, -0.1) is 0 Å². The van der Waals surface area contributed by atoms with Gasteiger partial charge in [-0.2, -0.15) is 5.10 Å². The third kappa shape index (κ3) is 5.15. The molecular weight excluding hydrogens is 456 g/mol. The van der Waals surface area contributed by atoms with Gasteiger partial charge >= 0.3 is 5.97 Å². The van der Waals surface area contributed by atoms with Crippen molar-refractivity contribution in [2.45, 2.75) is 40.0 Å². The number of hydrogen-bond acceptors (Lipinski definition) is 6. The number of benzene rings is 2. The number of furan rings is 1. The first-order chi connectivity index (χ1) is 16.3. The fourth-order valence-electron chi connectivity index (χ4n) is 3.92. The van der Waals surface area contributed by atoms with Gasteiger partial charge in [0.15, 0.2) is 6.61 Å². The molecule has 0 fully saturated rings. The average Bonchev–Trinajstić information content (AvgIpc) is 3.17. The molecule has 0 spiro atoms. The van der Waals surface area contributed by atoms with Crippen molar-refractivity contribution < 1.29 is 23.5 Å². The molecule has 2 aromatic carbocycles. The summed E-state index contributed by atoms with van der Waals surface area (Å²) in [4.78, 5) is 25.1. The Morgan fingerprint density at radius 3 is 2.47 bits per heavy atom. The van der Waals surface area contributed by atoms with Gasteiger partial charge in [0, 0.05) is 22.6 Å². The second kappa shape index (κ2) is 10.1. The Bertz CT molecular complexity index is 1240. The summed E-state index contributed by atoms with van der Waals surface area (Å²) in [6.45, 7) is 5.34. The van der Waals surface area contributed by atoms with E-state index in [0.717, 1.165) is 23.1 Å². The highest BCUT2D eigenvalue weighted by Crippen LogP contribution is 2.31. The summed E-state index contributed by atoms with van der Waals surface area (Å²) in [6.07, 6.45) is 2.11. The number of rotatable bonds is 6. The Hall–Kier alpha value is -3.58. The Kier molecular flexibility index (Phi) is 7.03. The normalized spacial score (nSPS) is 13.9. The molecule has 1 aliphatic rings. The van der Waals surface area contributed by atoms with Crippen LogP contribution in [-0.2, 0) is 11.2 Å². The van der Waals surface area contributed by atoms with Gasteiger partial charge in [-0.3, -0.25) is 4.79 Å². The molecule has 0 aliphatic heterocycles. The van der Waals surface area contributed by atoms with Crippen LogP contribution in [0.5, 0.6) is 11.5 Å². The third-order valence-corrected chi connectivity index (χ3v) is 6.16. The number of nitrogens with one attached hydrogen (secondary N) is 1. The maximum Gasteiger partial charge on any atom is 0.379 e. The van der Waals surface area contributed by atoms with Crippen LogP contribution < -0.4 is 14.9 Å². The lowest BCUT2D eigenvalue weighted by Crippen LogP contribution is -2.27. The maximum atomic E-state index is 12.9. The summed E-state index contributed by atoms with van der Waals surface area (Å²) in [5.74, 6) is 0.824. The quantitative estimate of drug-likeness (QED) is 0.293. The van der Waals surface area contributed by atoms with E-state index in [0.29, 0.717) is 46.4 Å². The smallest absolute Gasteiger partial charge is 0.379 e. The third-order valence-electron chi connectivity index (χ3n) is 5.56. The lowest BCUT2D eigenvalue weighted by Gasteiger charge is -2.13. The number of amides is 1. The van der Waals surface area contributed by atoms with Crippen molar-refractivity contribution >= 4 is 29.2 Å². The van der Waals surface area contributed by atoms with Crippen molar-refractivity contribution in [2.24, 2.45) is 5.10 Å². The molecule has 1 amide bonds. The first-order valence-electron chi connectivity index (χ1n) is 11.0. The Labute approximate surface area is 202 Å². The van der Waals surface area contributed by atoms with Gasteiger partial charge in [0.05, 0.1) is 5.71 Å². The predicted molar refractivity (Wildman–Crippen MR) is 129 cm³/mol. The van der Waals surface area contributed by atoms with Gasteiger partial charge in [-0.25, -0.2) is 10.2 Å². The van der Waals surface area contributed by atoms with Gasteiger partial charge in [0.1, 0.15) is 17.3 Å². The summed E-state index contributed by atoms with van der Waals surface area (Å²) < 4.78 is 16.9. The SMILES string of the molecule is Cc1cc(OC(=O)c2oc3c(c2C)/C(=N/NC(=O)COc2ccccc2)CCC3)cc(C)c1Cl. The van der Waals surface area contributed by atoms with Crippen LogP contribution in [0, 0.1) is 20.8 Å². The number of fused-ring (bicyclic) bond motifs is 1. The van der Waals surface area contributed by atoms with Gasteiger partial charge < -0.3 is 13.9 Å². The summed E-state index contributed by atoms with van der Waals surface area (Å²) in [5, 5.41) is 4.94. The lowest BCUT2D eigenvalue weighted by molar-refractivity contribution is -0.123. The number of para-hydroxylation sites is 1. The Morgan fingerprint density at radius 1 is 1.06 bits per heavy atom. The summed E-state index contributed by atoms with van der Waals surface area (Å²) >= 11 is 6.21. The molecule has 34 heavy (non-hydrogen) atoms. The fourth-order valence-corrected chi connectivity index (χ4v) is 4.03. The van der Waals surface area contributed by atoms with Gasteiger partial charge in [0.25, 0.3) is 5.91 Å². The van der Waals surface area contributed by atoms with Crippen LogP contribution in [0.3, 0.4) is 0 Å². The van der Waals surface area contributed by atoms with Gasteiger partial charge in [-0.05, 0) is 69.0 Å². The summed E-state index contributed by atoms with van der Waals surface area (Å²) in [6, 6.07) is 12.5. The second-order valence-electron chi connectivity index (χ2n) is 8.16. The van der Waals surface area contributed by atoms with E-state index in [4.69, 9.17) is 25.5 Å². The molecular formula is C26H25ClN2O5. The van der Waals surface area contributed by atoms with Crippen LogP contribution in [0.2, 0.25) is 5.02 Å². The highest BCUT2D eigenvalue weighted by Gasteiger charge is 2.29. The Morgan fingerprint density at radius 2 is 1.76 bits per heavy atom. The van der Waals surface area contributed by atoms with Crippen LogP contribution >= 0.6 is 11.6 Å². The molecule has 1 heterocycles. The summed E-state index contributed by atoms with van der Waals surface area (Å²) in [5.41, 5.74) is 6.22. The number of hydrogen-bond donors (Lipinski definition) is 1. The minimum absolute atomic E-state index is 0.128. The zero-order valence-corrected chi connectivity index (χ0v) is 20.0. The molecule has 0 bridgehead atoms. The van der Waals surface area contributed by atoms with Crippen LogP contribution in [0.15, 0.2) is 52.0 Å². The monoisotopic (exact) mass is 480 g/mol. The van der Waals surface area contributed by atoms with E-state index in [9.17, 15) is 9.59 Å². The first-order valence-corrected chi connectivity index (χ1v) is 11.4. The van der Waals surface area contributed by atoms with E-state index in [-0.39, 0.29) is 18.3 Å². The topological polar surface area (TPSA) is 90.1 Å². The van der Waals surface area contributed by atoms with E-state index in [1.165, 1.54) is 0 Å². The number of nitrogens with zero attached hydrogens (tertiary/aromatic N) is 1. The van der Waals surface area contributed by atoms with Gasteiger partial charge in [0.2, 0.25) is 5.76 Å². The molecule has 1 aliphatic carbocycles. The lowest BCUT2D eigenvalue weighted by atomic mass is 9.93. The standard InChI is InChI=1S/C26H25ClN2O5/c1-15-12-19(13-16(2)24(15)27)33-26(31)25-17(3)23-20(10-7-11-21(23)34-25)28-29-22(30)14-32-18-8-5-4-6-9-18/h4-6,8-9,12-13H,7,10-11,14H2,1-3H3,(H,29,30)/b28-20+. The number of carbonyl (C=O) groups is 2. The number of ether oxygens (including phenoxy) is 2. The van der Waals surface area contributed by atoms with E-state index < -0.39 is 5.97 Å². The maximum absolute atomic E-state index is 12.9. The predicted octanol–water partition coefficient (Wildman–Crippen LogP) is 5.31. The molecule has 0 saturated carbocycles. The molecule has 3 aromatic rings. The largest absolute Gasteiger partial charge is 0.484 e. The minimum atomic E-state index is -0.590. The molecule has 0 radical (unpaired) electrons.